The largest absolute Gasteiger partial charge is 0.380 e. The molecule has 344 valence electrons. The second-order valence-corrected chi connectivity index (χ2v) is 12.2. The van der Waals surface area contributed by atoms with Gasteiger partial charge in [0.05, 0.1) is 90.1 Å². The summed E-state index contributed by atoms with van der Waals surface area (Å²) in [4.78, 5) is 101. The molecule has 0 atom stereocenters. The first-order chi connectivity index (χ1) is 29.4. The molecular formula is C38H60N6O17. The van der Waals surface area contributed by atoms with Crippen LogP contribution in [-0.2, 0) is 81.8 Å². The quantitative estimate of drug-likeness (QED) is 0.0134. The van der Waals surface area contributed by atoms with Crippen LogP contribution in [-0.4, -0.2) is 155 Å². The van der Waals surface area contributed by atoms with Gasteiger partial charge in [0.25, 0.3) is 0 Å². The molecule has 0 rings (SSSR count). The molecule has 0 fully saturated rings. The van der Waals surface area contributed by atoms with Gasteiger partial charge in [-0.15, -0.1) is 0 Å². The number of hydrogen-bond acceptors (Lipinski definition) is 17. The van der Waals surface area contributed by atoms with E-state index in [2.05, 4.69) is 71.4 Å². The molecule has 0 unspecified atom stereocenters. The second-order valence-electron chi connectivity index (χ2n) is 12.2. The Bertz CT molecular complexity index is 1280. The van der Waals surface area contributed by atoms with Gasteiger partial charge in [0, 0.05) is 13.1 Å². The van der Waals surface area contributed by atoms with Crippen molar-refractivity contribution in [1.82, 2.24) is 31.9 Å². The van der Waals surface area contributed by atoms with Crippen LogP contribution < -0.4 is 31.9 Å². The van der Waals surface area contributed by atoms with Crippen LogP contribution in [0.5, 0.6) is 0 Å². The van der Waals surface area contributed by atoms with E-state index in [-0.39, 0.29) is 119 Å². The summed E-state index contributed by atoms with van der Waals surface area (Å²) in [5.41, 5.74) is -2.45. The highest BCUT2D eigenvalue weighted by molar-refractivity contribution is 5.88. The molecule has 0 radical (unpaired) electrons. The van der Waals surface area contributed by atoms with Crippen molar-refractivity contribution < 1.29 is 81.8 Å². The first-order valence-corrected chi connectivity index (χ1v) is 18.5. The summed E-state index contributed by atoms with van der Waals surface area (Å²) in [6.45, 7) is 18.0. The van der Waals surface area contributed by atoms with Crippen LogP contribution in [0.4, 0.5) is 0 Å². The van der Waals surface area contributed by atoms with Crippen LogP contribution in [0, 0.1) is 10.8 Å². The molecule has 6 N–H and O–H groups in total. The van der Waals surface area contributed by atoms with Crippen molar-refractivity contribution in [3.05, 3.63) is 75.9 Å². The molecule has 0 heterocycles. The average molecular weight is 873 g/mol. The third-order valence-electron chi connectivity index (χ3n) is 7.23. The Labute approximate surface area is 354 Å². The van der Waals surface area contributed by atoms with Crippen LogP contribution in [0.3, 0.4) is 0 Å². The molecule has 0 spiro atoms. The fourth-order valence-electron chi connectivity index (χ4n) is 4.01. The Morgan fingerprint density at radius 3 is 0.967 bits per heavy atom. The van der Waals surface area contributed by atoms with E-state index in [0.29, 0.717) is 0 Å². The van der Waals surface area contributed by atoms with Gasteiger partial charge in [-0.05, 0) is 36.5 Å². The van der Waals surface area contributed by atoms with Crippen molar-refractivity contribution in [2.75, 3.05) is 119 Å². The molecule has 0 saturated heterocycles. The van der Waals surface area contributed by atoms with Crippen molar-refractivity contribution in [3.63, 3.8) is 0 Å². The number of ether oxygens (including phenoxy) is 5. The molecular weight excluding hydrogens is 812 g/mol. The molecule has 6 amide bonds. The molecule has 0 aromatic carbocycles. The maximum atomic E-state index is 11.7. The van der Waals surface area contributed by atoms with E-state index in [1.807, 2.05) is 0 Å². The fourth-order valence-corrected chi connectivity index (χ4v) is 4.01. The standard InChI is InChI=1S/C38H60N6O17/c1-7-31(45)39-13-15-51-19-37(20-52-16-14-40-32(46)8-2,21-53-17-18-54-27-41-33(47)9-3)22-55-23-38(24-56-59-28-42-34(48)10-4,25-57-60-29-43-35(49)11-5)26-58-61-30-44-36(50)12-6/h7-12H,1-6,13-30H2,(H,39,45)(H,40,46)(H,41,47)(H,42,48)(H,43,49)(H,44,50). The molecule has 0 aromatic heterocycles. The Balaban J connectivity index is 6.42. The van der Waals surface area contributed by atoms with Crippen LogP contribution in [0.1, 0.15) is 0 Å². The Kier molecular flexibility index (Phi) is 33.5. The third-order valence-corrected chi connectivity index (χ3v) is 7.23. The van der Waals surface area contributed by atoms with Gasteiger partial charge in [-0.3, -0.25) is 28.8 Å². The Morgan fingerprint density at radius 1 is 0.328 bits per heavy atom. The zero-order valence-corrected chi connectivity index (χ0v) is 34.4. The predicted octanol–water partition coefficient (Wildman–Crippen LogP) is -1.47. The minimum absolute atomic E-state index is 0.0474. The summed E-state index contributed by atoms with van der Waals surface area (Å²) in [5.74, 6) is -2.81. The van der Waals surface area contributed by atoms with Gasteiger partial charge in [-0.1, -0.05) is 39.5 Å². The van der Waals surface area contributed by atoms with Gasteiger partial charge >= 0.3 is 0 Å². The molecule has 0 aromatic rings. The van der Waals surface area contributed by atoms with E-state index in [9.17, 15) is 28.8 Å². The molecule has 0 bridgehead atoms. The number of carbonyl (C=O) groups is 6. The van der Waals surface area contributed by atoms with E-state index in [4.69, 9.17) is 53.0 Å². The van der Waals surface area contributed by atoms with Gasteiger partial charge in [-0.2, -0.15) is 0 Å². The molecule has 0 aliphatic carbocycles. The summed E-state index contributed by atoms with van der Waals surface area (Å²) in [6, 6.07) is 0. The highest BCUT2D eigenvalue weighted by Crippen LogP contribution is 2.26. The zero-order chi connectivity index (χ0) is 45.5. The van der Waals surface area contributed by atoms with Gasteiger partial charge in [0.2, 0.25) is 35.4 Å². The monoisotopic (exact) mass is 872 g/mol. The first kappa shape index (κ1) is 55.8. The maximum absolute atomic E-state index is 11.7. The lowest BCUT2D eigenvalue weighted by Crippen LogP contribution is -2.46. The van der Waals surface area contributed by atoms with Crippen LogP contribution in [0.2, 0.25) is 0 Å². The Morgan fingerprint density at radius 2 is 0.607 bits per heavy atom. The van der Waals surface area contributed by atoms with Gasteiger partial charge in [0.15, 0.2) is 20.2 Å². The highest BCUT2D eigenvalue weighted by atomic mass is 17.2. The summed E-state index contributed by atoms with van der Waals surface area (Å²) < 4.78 is 29.6. The lowest BCUT2D eigenvalue weighted by molar-refractivity contribution is -0.374. The van der Waals surface area contributed by atoms with Gasteiger partial charge < -0.3 is 55.6 Å². The van der Waals surface area contributed by atoms with Gasteiger partial charge in [0.1, 0.15) is 6.73 Å². The van der Waals surface area contributed by atoms with Crippen molar-refractivity contribution in [2.24, 2.45) is 10.8 Å². The molecule has 0 saturated carbocycles. The van der Waals surface area contributed by atoms with Gasteiger partial charge in [-0.25, -0.2) is 29.3 Å². The van der Waals surface area contributed by atoms with Crippen molar-refractivity contribution in [2.45, 2.75) is 0 Å². The topological polar surface area (TPSA) is 276 Å². The number of hydrogen-bond donors (Lipinski definition) is 6. The number of amides is 6. The normalized spacial score (nSPS) is 11.0. The van der Waals surface area contributed by atoms with E-state index in [1.165, 1.54) is 0 Å². The lowest BCUT2D eigenvalue weighted by atomic mass is 9.90. The zero-order valence-electron chi connectivity index (χ0n) is 34.4. The number of carbonyl (C=O) groups excluding carboxylic acids is 6. The molecule has 23 nitrogen and oxygen atoms in total. The maximum Gasteiger partial charge on any atom is 0.245 e. The summed E-state index contributed by atoms with van der Waals surface area (Å²) in [6.07, 6.45) is 6.43. The van der Waals surface area contributed by atoms with E-state index in [0.717, 1.165) is 36.5 Å². The molecule has 61 heavy (non-hydrogen) atoms. The third kappa shape index (κ3) is 30.5. The van der Waals surface area contributed by atoms with Crippen LogP contribution in [0.25, 0.3) is 0 Å². The van der Waals surface area contributed by atoms with Crippen LogP contribution in [0.15, 0.2) is 75.9 Å². The predicted molar refractivity (Wildman–Crippen MR) is 214 cm³/mol. The summed E-state index contributed by atoms with van der Waals surface area (Å²) >= 11 is 0. The van der Waals surface area contributed by atoms with E-state index < -0.39 is 46.3 Å². The molecule has 0 aliphatic rings. The lowest BCUT2D eigenvalue weighted by Gasteiger charge is -2.36. The summed E-state index contributed by atoms with van der Waals surface area (Å²) in [7, 11) is 0. The SMILES string of the molecule is C=CC(=O)NCCOCC(COCCNC(=O)C=C)(COCCOCNC(=O)C=C)COCC(COOCNC(=O)C=C)(COOCNC(=O)C=C)COOCNC(=O)C=C. The van der Waals surface area contributed by atoms with E-state index >= 15 is 0 Å². The van der Waals surface area contributed by atoms with Crippen LogP contribution >= 0.6 is 0 Å². The molecule has 0 aliphatic heterocycles. The minimum Gasteiger partial charge on any atom is -0.380 e. The molecule has 23 heteroatoms. The van der Waals surface area contributed by atoms with Crippen molar-refractivity contribution in [1.29, 1.82) is 0 Å². The smallest absolute Gasteiger partial charge is 0.245 e. The number of rotatable bonds is 42. The first-order valence-electron chi connectivity index (χ1n) is 18.5. The van der Waals surface area contributed by atoms with Crippen molar-refractivity contribution in [3.8, 4) is 0 Å². The van der Waals surface area contributed by atoms with E-state index in [1.54, 1.807) is 0 Å². The minimum atomic E-state index is -1.37. The average Bonchev–Trinajstić information content (AvgIpc) is 3.27. The Hall–Kier alpha value is -5.18. The second kappa shape index (κ2) is 36.7. The van der Waals surface area contributed by atoms with Crippen molar-refractivity contribution >= 4 is 35.4 Å². The number of nitrogens with one attached hydrogen (secondary N) is 6. The highest BCUT2D eigenvalue weighted by Gasteiger charge is 2.38. The fraction of sp³-hybridized carbons (Fsp3) is 0.526. The summed E-state index contributed by atoms with van der Waals surface area (Å²) in [5, 5.41) is 14.9.